The van der Waals surface area contributed by atoms with E-state index >= 15 is 0 Å². The average Bonchev–Trinajstić information content (AvgIpc) is 2.81. The van der Waals surface area contributed by atoms with Gasteiger partial charge in [-0.15, -0.1) is 0 Å². The van der Waals surface area contributed by atoms with Crippen LogP contribution in [0.25, 0.3) is 0 Å². The van der Waals surface area contributed by atoms with E-state index in [1.165, 1.54) is 12.1 Å². The topological polar surface area (TPSA) is 69.6 Å². The van der Waals surface area contributed by atoms with Crippen LogP contribution < -0.4 is 9.80 Å². The first kappa shape index (κ1) is 15.2. The number of nitrogens with zero attached hydrogens (tertiary/aromatic N) is 4. The van der Waals surface area contributed by atoms with E-state index < -0.39 is 5.97 Å². The fraction of sp³-hybridized carbons (Fsp3) is 0.312. The van der Waals surface area contributed by atoms with Gasteiger partial charge in [-0.3, -0.25) is 0 Å². The molecule has 1 aliphatic rings. The fourth-order valence-corrected chi connectivity index (χ4v) is 2.69. The maximum Gasteiger partial charge on any atom is 0.354 e. The van der Waals surface area contributed by atoms with Crippen LogP contribution in [0.3, 0.4) is 0 Å². The lowest BCUT2D eigenvalue weighted by Gasteiger charge is -2.23. The normalized spacial score (nSPS) is 15.3. The molecule has 0 radical (unpaired) electrons. The van der Waals surface area contributed by atoms with Gasteiger partial charge in [-0.2, -0.15) is 0 Å². The van der Waals surface area contributed by atoms with E-state index in [-0.39, 0.29) is 11.5 Å². The van der Waals surface area contributed by atoms with Gasteiger partial charge in [0.25, 0.3) is 0 Å². The highest BCUT2D eigenvalue weighted by Gasteiger charge is 2.19. The molecule has 0 unspecified atom stereocenters. The van der Waals surface area contributed by atoms with Gasteiger partial charge in [0.05, 0.1) is 0 Å². The third kappa shape index (κ3) is 3.39. The maximum absolute atomic E-state index is 13.9. The van der Waals surface area contributed by atoms with Crippen LogP contribution in [-0.4, -0.2) is 47.2 Å². The Bertz CT molecular complexity index is 710. The summed E-state index contributed by atoms with van der Waals surface area (Å²) in [7, 11) is 0. The second-order valence-electron chi connectivity index (χ2n) is 5.32. The van der Waals surface area contributed by atoms with Crippen LogP contribution in [0, 0.1) is 5.82 Å². The summed E-state index contributed by atoms with van der Waals surface area (Å²) in [6.45, 7) is 2.67. The second-order valence-corrected chi connectivity index (χ2v) is 5.32. The fourth-order valence-electron chi connectivity index (χ4n) is 2.69. The molecule has 0 bridgehead atoms. The van der Waals surface area contributed by atoms with Crippen molar-refractivity contribution in [3.63, 3.8) is 0 Å². The standard InChI is InChI=1S/C16H17FN4O2/c17-12-4-2-7-18-15(12)21-9-3-8-20(10-11-21)14-6-1-5-13(19-14)16(22)23/h1-2,4-7H,3,8-11H2,(H,22,23). The Morgan fingerprint density at radius 3 is 2.65 bits per heavy atom. The number of rotatable bonds is 3. The first-order valence-corrected chi connectivity index (χ1v) is 7.46. The van der Waals surface area contributed by atoms with Gasteiger partial charge in [-0.05, 0) is 30.7 Å². The van der Waals surface area contributed by atoms with E-state index in [9.17, 15) is 9.18 Å². The molecule has 0 atom stereocenters. The summed E-state index contributed by atoms with van der Waals surface area (Å²) < 4.78 is 13.9. The summed E-state index contributed by atoms with van der Waals surface area (Å²) in [5, 5.41) is 9.05. The van der Waals surface area contributed by atoms with Crippen LogP contribution in [0.15, 0.2) is 36.5 Å². The molecule has 1 saturated heterocycles. The highest BCUT2D eigenvalue weighted by atomic mass is 19.1. The Hall–Kier alpha value is -2.70. The minimum atomic E-state index is -1.04. The zero-order valence-electron chi connectivity index (χ0n) is 12.5. The van der Waals surface area contributed by atoms with Gasteiger partial charge in [-0.1, -0.05) is 6.07 Å². The highest BCUT2D eigenvalue weighted by molar-refractivity contribution is 5.85. The second kappa shape index (κ2) is 6.60. The van der Waals surface area contributed by atoms with E-state index in [4.69, 9.17) is 5.11 Å². The zero-order valence-corrected chi connectivity index (χ0v) is 12.5. The number of pyridine rings is 2. The molecule has 2 aromatic rings. The van der Waals surface area contributed by atoms with Crippen LogP contribution in [0.1, 0.15) is 16.9 Å². The van der Waals surface area contributed by atoms with E-state index in [2.05, 4.69) is 9.97 Å². The van der Waals surface area contributed by atoms with Crippen molar-refractivity contribution >= 4 is 17.6 Å². The molecule has 1 N–H and O–H groups in total. The van der Waals surface area contributed by atoms with Crippen molar-refractivity contribution in [2.75, 3.05) is 36.0 Å². The molecule has 7 heteroatoms. The zero-order chi connectivity index (χ0) is 16.2. The Morgan fingerprint density at radius 2 is 1.87 bits per heavy atom. The predicted octanol–water partition coefficient (Wildman–Crippen LogP) is 2.03. The summed E-state index contributed by atoms with van der Waals surface area (Å²) in [4.78, 5) is 23.3. The smallest absolute Gasteiger partial charge is 0.354 e. The van der Waals surface area contributed by atoms with Crippen molar-refractivity contribution in [3.8, 4) is 0 Å². The van der Waals surface area contributed by atoms with Crippen LogP contribution in [0.2, 0.25) is 0 Å². The number of hydrogen-bond donors (Lipinski definition) is 1. The van der Waals surface area contributed by atoms with Crippen molar-refractivity contribution in [1.82, 2.24) is 9.97 Å². The lowest BCUT2D eigenvalue weighted by Crippen LogP contribution is -2.32. The van der Waals surface area contributed by atoms with Gasteiger partial charge < -0.3 is 14.9 Å². The molecule has 2 aromatic heterocycles. The quantitative estimate of drug-likeness (QED) is 0.934. The predicted molar refractivity (Wildman–Crippen MR) is 84.4 cm³/mol. The summed E-state index contributed by atoms with van der Waals surface area (Å²) >= 11 is 0. The minimum Gasteiger partial charge on any atom is -0.477 e. The molecule has 120 valence electrons. The van der Waals surface area contributed by atoms with Crippen LogP contribution >= 0.6 is 0 Å². The summed E-state index contributed by atoms with van der Waals surface area (Å²) in [6.07, 6.45) is 2.40. The SMILES string of the molecule is O=C(O)c1cccc(N2CCCN(c3ncccc3F)CC2)n1. The molecule has 3 rings (SSSR count). The van der Waals surface area contributed by atoms with Crippen molar-refractivity contribution in [2.24, 2.45) is 0 Å². The van der Waals surface area contributed by atoms with E-state index in [0.717, 1.165) is 13.0 Å². The number of carboxylic acids is 1. The number of aromatic nitrogens is 2. The Labute approximate surface area is 133 Å². The third-order valence-electron chi connectivity index (χ3n) is 3.81. The van der Waals surface area contributed by atoms with Gasteiger partial charge in [-0.25, -0.2) is 19.2 Å². The maximum atomic E-state index is 13.9. The molecule has 23 heavy (non-hydrogen) atoms. The van der Waals surface area contributed by atoms with Crippen LogP contribution in [-0.2, 0) is 0 Å². The van der Waals surface area contributed by atoms with Crippen molar-refractivity contribution in [1.29, 1.82) is 0 Å². The van der Waals surface area contributed by atoms with Gasteiger partial charge in [0.1, 0.15) is 5.82 Å². The molecular weight excluding hydrogens is 299 g/mol. The summed E-state index contributed by atoms with van der Waals surface area (Å²) in [5.41, 5.74) is 0.0272. The molecule has 3 heterocycles. The first-order chi connectivity index (χ1) is 11.1. The first-order valence-electron chi connectivity index (χ1n) is 7.46. The van der Waals surface area contributed by atoms with Gasteiger partial charge >= 0.3 is 5.97 Å². The largest absolute Gasteiger partial charge is 0.477 e. The number of hydrogen-bond acceptors (Lipinski definition) is 5. The molecule has 1 aliphatic heterocycles. The van der Waals surface area contributed by atoms with Gasteiger partial charge in [0, 0.05) is 32.4 Å². The van der Waals surface area contributed by atoms with Crippen molar-refractivity contribution in [3.05, 3.63) is 48.0 Å². The lowest BCUT2D eigenvalue weighted by atomic mass is 10.3. The lowest BCUT2D eigenvalue weighted by molar-refractivity contribution is 0.0690. The Morgan fingerprint density at radius 1 is 1.09 bits per heavy atom. The summed E-state index contributed by atoms with van der Waals surface area (Å²) in [5.74, 6) is -0.374. The molecule has 0 aromatic carbocycles. The summed E-state index contributed by atoms with van der Waals surface area (Å²) in [6, 6.07) is 7.93. The molecule has 0 amide bonds. The highest BCUT2D eigenvalue weighted by Crippen LogP contribution is 2.19. The Kier molecular flexibility index (Phi) is 4.36. The molecule has 1 fully saturated rings. The molecule has 0 saturated carbocycles. The molecule has 0 aliphatic carbocycles. The number of halogens is 1. The van der Waals surface area contributed by atoms with E-state index in [1.54, 1.807) is 24.4 Å². The number of carboxylic acid groups (broad SMARTS) is 1. The third-order valence-corrected chi connectivity index (χ3v) is 3.81. The van der Waals surface area contributed by atoms with Crippen LogP contribution in [0.4, 0.5) is 16.0 Å². The van der Waals surface area contributed by atoms with E-state index in [1.807, 2.05) is 9.80 Å². The molecule has 0 spiro atoms. The Balaban J connectivity index is 1.75. The van der Waals surface area contributed by atoms with Crippen molar-refractivity contribution in [2.45, 2.75) is 6.42 Å². The van der Waals surface area contributed by atoms with Gasteiger partial charge in [0.2, 0.25) is 0 Å². The van der Waals surface area contributed by atoms with E-state index in [0.29, 0.717) is 31.3 Å². The number of aromatic carboxylic acids is 1. The van der Waals surface area contributed by atoms with Crippen LogP contribution in [0.5, 0.6) is 0 Å². The average molecular weight is 316 g/mol. The molecule has 6 nitrogen and oxygen atoms in total. The minimum absolute atomic E-state index is 0.0272. The number of carbonyl (C=O) groups is 1. The molecular formula is C16H17FN4O2. The van der Waals surface area contributed by atoms with Gasteiger partial charge in [0.15, 0.2) is 17.3 Å². The van der Waals surface area contributed by atoms with Crippen molar-refractivity contribution < 1.29 is 14.3 Å². The number of anilines is 2. The monoisotopic (exact) mass is 316 g/mol.